The van der Waals surface area contributed by atoms with E-state index in [1.54, 1.807) is 13.8 Å². The zero-order valence-corrected chi connectivity index (χ0v) is 16.9. The van der Waals surface area contributed by atoms with Gasteiger partial charge in [0.1, 0.15) is 17.7 Å². The molecular formula is C22H21F3N4O2. The number of aromatic nitrogens is 4. The second kappa shape index (κ2) is 8.07. The van der Waals surface area contributed by atoms with E-state index < -0.39 is 18.9 Å². The van der Waals surface area contributed by atoms with Crippen LogP contribution in [0.1, 0.15) is 28.7 Å². The van der Waals surface area contributed by atoms with Crippen LogP contribution >= 0.6 is 0 Å². The summed E-state index contributed by atoms with van der Waals surface area (Å²) in [6.45, 7) is 1.89. The van der Waals surface area contributed by atoms with Crippen LogP contribution in [0.2, 0.25) is 0 Å². The largest absolute Gasteiger partial charge is 0.483 e. The number of benzene rings is 1. The van der Waals surface area contributed by atoms with E-state index in [2.05, 4.69) is 15.0 Å². The molecule has 2 N–H and O–H groups in total. The van der Waals surface area contributed by atoms with Gasteiger partial charge in [-0.05, 0) is 44.2 Å². The third-order valence-electron chi connectivity index (χ3n) is 5.01. The van der Waals surface area contributed by atoms with E-state index in [1.165, 1.54) is 6.20 Å². The van der Waals surface area contributed by atoms with Crippen molar-refractivity contribution >= 4 is 11.0 Å². The third kappa shape index (κ3) is 4.56. The standard InChI is InChI=1S/C22H21F3N4O2/c1-13-11-26-17(14(2)20(13)31-12-22(23,24)25)10-19(30)21-27-16-6-5-15(9-18(16)28-21)29-7-3-4-8-29/h3-9,11,19,30H,10,12H2,1-2H3,(H,27,28). The molecule has 0 saturated carbocycles. The van der Waals surface area contributed by atoms with Crippen molar-refractivity contribution < 1.29 is 23.0 Å². The number of aliphatic hydroxyl groups excluding tert-OH is 1. The molecule has 9 heteroatoms. The summed E-state index contributed by atoms with van der Waals surface area (Å²) in [4.78, 5) is 11.9. The number of alkyl halides is 3. The molecule has 0 radical (unpaired) electrons. The molecule has 3 aromatic heterocycles. The van der Waals surface area contributed by atoms with Crippen molar-refractivity contribution in [3.8, 4) is 11.4 Å². The molecule has 162 valence electrons. The van der Waals surface area contributed by atoms with Crippen molar-refractivity contribution in [1.29, 1.82) is 0 Å². The molecule has 1 aromatic carbocycles. The minimum absolute atomic E-state index is 0.0821. The van der Waals surface area contributed by atoms with Gasteiger partial charge >= 0.3 is 6.18 Å². The van der Waals surface area contributed by atoms with Crippen LogP contribution in [0.3, 0.4) is 0 Å². The van der Waals surface area contributed by atoms with E-state index in [-0.39, 0.29) is 12.2 Å². The number of nitrogens with one attached hydrogen (secondary N) is 1. The van der Waals surface area contributed by atoms with Gasteiger partial charge in [0.15, 0.2) is 6.61 Å². The molecule has 4 aromatic rings. The van der Waals surface area contributed by atoms with Crippen molar-refractivity contribution in [3.05, 3.63) is 71.6 Å². The molecule has 6 nitrogen and oxygen atoms in total. The van der Waals surface area contributed by atoms with E-state index in [1.807, 2.05) is 47.3 Å². The lowest BCUT2D eigenvalue weighted by molar-refractivity contribution is -0.153. The summed E-state index contributed by atoms with van der Waals surface area (Å²) in [5.41, 5.74) is 3.83. The number of ether oxygens (including phenoxy) is 1. The summed E-state index contributed by atoms with van der Waals surface area (Å²) in [7, 11) is 0. The van der Waals surface area contributed by atoms with E-state index in [9.17, 15) is 18.3 Å². The van der Waals surface area contributed by atoms with Gasteiger partial charge in [0.2, 0.25) is 0 Å². The highest BCUT2D eigenvalue weighted by molar-refractivity contribution is 5.77. The topological polar surface area (TPSA) is 76.0 Å². The number of aliphatic hydroxyl groups is 1. The lowest BCUT2D eigenvalue weighted by Gasteiger charge is -2.17. The molecule has 1 atom stereocenters. The highest BCUT2D eigenvalue weighted by Gasteiger charge is 2.29. The van der Waals surface area contributed by atoms with Gasteiger partial charge in [-0.25, -0.2) is 4.98 Å². The second-order valence-corrected chi connectivity index (χ2v) is 7.38. The van der Waals surface area contributed by atoms with Gasteiger partial charge in [-0.3, -0.25) is 4.98 Å². The fourth-order valence-electron chi connectivity index (χ4n) is 3.46. The number of fused-ring (bicyclic) bond motifs is 1. The lowest BCUT2D eigenvalue weighted by atomic mass is 10.1. The van der Waals surface area contributed by atoms with Crippen LogP contribution in [0, 0.1) is 13.8 Å². The number of halogens is 3. The summed E-state index contributed by atoms with van der Waals surface area (Å²) in [6, 6.07) is 9.56. The number of rotatable bonds is 6. The van der Waals surface area contributed by atoms with E-state index >= 15 is 0 Å². The number of hydrogen-bond donors (Lipinski definition) is 2. The molecule has 31 heavy (non-hydrogen) atoms. The Morgan fingerprint density at radius 2 is 1.94 bits per heavy atom. The quantitative estimate of drug-likeness (QED) is 0.469. The first kappa shape index (κ1) is 20.9. The molecule has 0 fully saturated rings. The molecule has 1 unspecified atom stereocenters. The predicted octanol–water partition coefficient (Wildman–Crippen LogP) is 4.58. The minimum atomic E-state index is -4.43. The summed E-state index contributed by atoms with van der Waals surface area (Å²) in [5, 5.41) is 10.7. The van der Waals surface area contributed by atoms with E-state index in [4.69, 9.17) is 4.74 Å². The smallest absolute Gasteiger partial charge is 0.422 e. The Labute approximate surface area is 176 Å². The Morgan fingerprint density at radius 3 is 2.65 bits per heavy atom. The normalized spacial score (nSPS) is 13.0. The van der Waals surface area contributed by atoms with Gasteiger partial charge in [-0.15, -0.1) is 0 Å². The molecule has 0 aliphatic carbocycles. The predicted molar refractivity (Wildman–Crippen MR) is 109 cm³/mol. The first-order chi connectivity index (χ1) is 14.7. The summed E-state index contributed by atoms with van der Waals surface area (Å²) in [5.74, 6) is 0.495. The van der Waals surface area contributed by atoms with Crippen LogP contribution in [-0.4, -0.2) is 37.4 Å². The maximum Gasteiger partial charge on any atom is 0.422 e. The molecule has 0 bridgehead atoms. The number of imidazole rings is 1. The lowest BCUT2D eigenvalue weighted by Crippen LogP contribution is -2.20. The maximum atomic E-state index is 12.6. The second-order valence-electron chi connectivity index (χ2n) is 7.38. The van der Waals surface area contributed by atoms with Crippen molar-refractivity contribution in [2.75, 3.05) is 6.61 Å². The van der Waals surface area contributed by atoms with Crippen LogP contribution in [0.4, 0.5) is 13.2 Å². The summed E-state index contributed by atoms with van der Waals surface area (Å²) in [6.07, 6.45) is -0.0569. The number of hydrogen-bond acceptors (Lipinski definition) is 4. The van der Waals surface area contributed by atoms with Crippen molar-refractivity contribution in [2.24, 2.45) is 0 Å². The third-order valence-corrected chi connectivity index (χ3v) is 5.01. The van der Waals surface area contributed by atoms with Crippen molar-refractivity contribution in [3.63, 3.8) is 0 Å². The molecule has 3 heterocycles. The highest BCUT2D eigenvalue weighted by atomic mass is 19.4. The molecule has 0 saturated heterocycles. The van der Waals surface area contributed by atoms with Gasteiger partial charge in [0, 0.05) is 47.5 Å². The minimum Gasteiger partial charge on any atom is -0.483 e. The fourth-order valence-corrected chi connectivity index (χ4v) is 3.46. The molecule has 0 spiro atoms. The van der Waals surface area contributed by atoms with Crippen LogP contribution in [0.5, 0.6) is 5.75 Å². The van der Waals surface area contributed by atoms with Crippen molar-refractivity contribution in [2.45, 2.75) is 32.5 Å². The average molecular weight is 430 g/mol. The summed E-state index contributed by atoms with van der Waals surface area (Å²) < 4.78 is 44.6. The van der Waals surface area contributed by atoms with Gasteiger partial charge in [0.05, 0.1) is 11.0 Å². The number of aryl methyl sites for hydroxylation is 1. The first-order valence-electron chi connectivity index (χ1n) is 9.67. The van der Waals surface area contributed by atoms with Crippen LogP contribution in [0.25, 0.3) is 16.7 Å². The van der Waals surface area contributed by atoms with Gasteiger partial charge in [-0.1, -0.05) is 0 Å². The average Bonchev–Trinajstić information content (AvgIpc) is 3.38. The Hall–Kier alpha value is -3.33. The fraction of sp³-hybridized carbons (Fsp3) is 0.273. The number of nitrogens with zero attached hydrogens (tertiary/aromatic N) is 3. The van der Waals surface area contributed by atoms with Gasteiger partial charge in [0.25, 0.3) is 0 Å². The highest BCUT2D eigenvalue weighted by Crippen LogP contribution is 2.29. The number of H-pyrrole nitrogens is 1. The number of aromatic amines is 1. The van der Waals surface area contributed by atoms with Crippen LogP contribution in [-0.2, 0) is 6.42 Å². The molecule has 0 amide bonds. The molecular weight excluding hydrogens is 409 g/mol. The van der Waals surface area contributed by atoms with Crippen molar-refractivity contribution in [1.82, 2.24) is 19.5 Å². The molecule has 0 aliphatic rings. The Morgan fingerprint density at radius 1 is 1.19 bits per heavy atom. The summed E-state index contributed by atoms with van der Waals surface area (Å²) >= 11 is 0. The number of pyridine rings is 1. The monoisotopic (exact) mass is 430 g/mol. The molecule has 0 aliphatic heterocycles. The van der Waals surface area contributed by atoms with Gasteiger partial charge in [-0.2, -0.15) is 13.2 Å². The SMILES string of the molecule is Cc1cnc(CC(O)c2nc3ccc(-n4cccc4)cc3[nH]2)c(C)c1OCC(F)(F)F. The van der Waals surface area contributed by atoms with E-state index in [0.29, 0.717) is 28.2 Å². The maximum absolute atomic E-state index is 12.6. The zero-order chi connectivity index (χ0) is 22.2. The zero-order valence-electron chi connectivity index (χ0n) is 16.9. The van der Waals surface area contributed by atoms with E-state index in [0.717, 1.165) is 11.2 Å². The Bertz CT molecular complexity index is 1200. The molecule has 4 rings (SSSR count). The van der Waals surface area contributed by atoms with Gasteiger partial charge < -0.3 is 19.4 Å². The Balaban J connectivity index is 1.56. The Kier molecular flexibility index (Phi) is 5.45. The van der Waals surface area contributed by atoms with Crippen LogP contribution in [0.15, 0.2) is 48.9 Å². The van der Waals surface area contributed by atoms with Crippen LogP contribution < -0.4 is 4.74 Å². The first-order valence-corrected chi connectivity index (χ1v) is 9.67.